The third-order valence-corrected chi connectivity index (χ3v) is 6.80. The molecule has 1 N–H and O–H groups in total. The van der Waals surface area contributed by atoms with E-state index in [1.54, 1.807) is 42.5 Å². The van der Waals surface area contributed by atoms with Gasteiger partial charge in [0, 0.05) is 32.6 Å². The van der Waals surface area contributed by atoms with E-state index in [0.717, 1.165) is 28.5 Å². The molecule has 0 unspecified atom stereocenters. The van der Waals surface area contributed by atoms with Gasteiger partial charge in [-0.15, -0.1) is 11.3 Å². The Kier molecular flexibility index (Phi) is 4.75. The quantitative estimate of drug-likeness (QED) is 0.391. The van der Waals surface area contributed by atoms with Crippen LogP contribution in [0.25, 0.3) is 10.1 Å². The van der Waals surface area contributed by atoms with Gasteiger partial charge in [-0.1, -0.05) is 55.8 Å². The predicted molar refractivity (Wildman–Crippen MR) is 124 cm³/mol. The standard InChI is InChI=1S/C26H19NO3S/c1-2-7-20-16-8-5-6-11-22(16)31-25(20)26(30)27-15-12-13-19-21(14-15)24(29)18-10-4-3-9-17(18)23(19)28/h3-6,8-14H,2,7H2,1H3,(H,27,30). The number of carbonyl (C=O) groups excluding carboxylic acids is 3. The highest BCUT2D eigenvalue weighted by atomic mass is 32.1. The van der Waals surface area contributed by atoms with Crippen molar-refractivity contribution < 1.29 is 14.4 Å². The van der Waals surface area contributed by atoms with Crippen molar-refractivity contribution in [1.82, 2.24) is 0 Å². The average Bonchev–Trinajstić information content (AvgIpc) is 3.16. The van der Waals surface area contributed by atoms with E-state index in [1.165, 1.54) is 11.3 Å². The second-order valence-corrected chi connectivity index (χ2v) is 8.63. The minimum Gasteiger partial charge on any atom is -0.321 e. The fourth-order valence-corrected chi connectivity index (χ4v) is 5.29. The summed E-state index contributed by atoms with van der Waals surface area (Å²) in [6.07, 6.45) is 1.76. The molecule has 3 aromatic carbocycles. The summed E-state index contributed by atoms with van der Waals surface area (Å²) in [4.78, 5) is 39.6. The van der Waals surface area contributed by atoms with E-state index >= 15 is 0 Å². The Morgan fingerprint density at radius 1 is 0.839 bits per heavy atom. The van der Waals surface area contributed by atoms with Crippen LogP contribution in [0.2, 0.25) is 0 Å². The normalized spacial score (nSPS) is 12.5. The van der Waals surface area contributed by atoms with Crippen molar-refractivity contribution in [3.63, 3.8) is 0 Å². The van der Waals surface area contributed by atoms with Crippen LogP contribution >= 0.6 is 11.3 Å². The van der Waals surface area contributed by atoms with E-state index in [0.29, 0.717) is 32.8 Å². The van der Waals surface area contributed by atoms with E-state index in [2.05, 4.69) is 12.2 Å². The molecule has 0 radical (unpaired) electrons. The van der Waals surface area contributed by atoms with Crippen LogP contribution in [0.5, 0.6) is 0 Å². The summed E-state index contributed by atoms with van der Waals surface area (Å²) in [7, 11) is 0. The smallest absolute Gasteiger partial charge is 0.266 e. The maximum absolute atomic E-state index is 13.1. The van der Waals surface area contributed by atoms with Gasteiger partial charge in [-0.05, 0) is 41.6 Å². The first-order valence-electron chi connectivity index (χ1n) is 10.2. The Hall–Kier alpha value is -3.57. The number of ketones is 2. The number of thiophene rings is 1. The van der Waals surface area contributed by atoms with E-state index in [4.69, 9.17) is 0 Å². The minimum atomic E-state index is -0.199. The number of benzene rings is 3. The van der Waals surface area contributed by atoms with Crippen LogP contribution in [0, 0.1) is 0 Å². The highest BCUT2D eigenvalue weighted by Crippen LogP contribution is 2.34. The molecule has 0 bridgehead atoms. The van der Waals surface area contributed by atoms with Crippen LogP contribution in [0.4, 0.5) is 5.69 Å². The summed E-state index contributed by atoms with van der Waals surface area (Å²) in [6, 6.07) is 19.8. The third kappa shape index (κ3) is 3.18. The molecule has 0 atom stereocenters. The van der Waals surface area contributed by atoms with Gasteiger partial charge in [0.15, 0.2) is 11.6 Å². The molecule has 1 heterocycles. The number of nitrogens with one attached hydrogen (secondary N) is 1. The Bertz CT molecular complexity index is 1380. The average molecular weight is 426 g/mol. The van der Waals surface area contributed by atoms with Gasteiger partial charge >= 0.3 is 0 Å². The molecule has 0 aliphatic heterocycles. The van der Waals surface area contributed by atoms with Crippen LogP contribution in [0.15, 0.2) is 66.7 Å². The Balaban J connectivity index is 1.50. The SMILES string of the molecule is CCCc1c(C(=O)Nc2ccc3c(c2)C(=O)c2ccccc2C3=O)sc2ccccc12. The zero-order valence-corrected chi connectivity index (χ0v) is 17.7. The fourth-order valence-electron chi connectivity index (χ4n) is 4.15. The molecule has 5 rings (SSSR count). The second-order valence-electron chi connectivity index (χ2n) is 7.57. The maximum atomic E-state index is 13.1. The summed E-state index contributed by atoms with van der Waals surface area (Å²) in [5.41, 5.74) is 3.08. The van der Waals surface area contributed by atoms with Gasteiger partial charge in [-0.2, -0.15) is 0 Å². The van der Waals surface area contributed by atoms with Gasteiger partial charge in [-0.3, -0.25) is 14.4 Å². The second kappa shape index (κ2) is 7.60. The zero-order valence-electron chi connectivity index (χ0n) is 16.9. The number of hydrogen-bond donors (Lipinski definition) is 1. The molecule has 4 aromatic rings. The molecule has 1 aliphatic rings. The highest BCUT2D eigenvalue weighted by molar-refractivity contribution is 7.21. The third-order valence-electron chi connectivity index (χ3n) is 5.59. The highest BCUT2D eigenvalue weighted by Gasteiger charge is 2.29. The molecule has 0 saturated carbocycles. The number of carbonyl (C=O) groups is 3. The fraction of sp³-hybridized carbons (Fsp3) is 0.115. The van der Waals surface area contributed by atoms with Crippen molar-refractivity contribution >= 4 is 44.6 Å². The Labute approximate surface area is 183 Å². The van der Waals surface area contributed by atoms with Gasteiger partial charge in [-0.25, -0.2) is 0 Å². The summed E-state index contributed by atoms with van der Waals surface area (Å²) in [5.74, 6) is -0.563. The molecule has 0 saturated heterocycles. The summed E-state index contributed by atoms with van der Waals surface area (Å²) >= 11 is 1.48. The zero-order chi connectivity index (χ0) is 21.5. The lowest BCUT2D eigenvalue weighted by atomic mass is 9.84. The van der Waals surface area contributed by atoms with Crippen LogP contribution in [-0.4, -0.2) is 17.5 Å². The largest absolute Gasteiger partial charge is 0.321 e. The molecule has 0 fully saturated rings. The molecule has 152 valence electrons. The van der Waals surface area contributed by atoms with Crippen molar-refractivity contribution in [1.29, 1.82) is 0 Å². The van der Waals surface area contributed by atoms with Crippen LogP contribution in [0.1, 0.15) is 60.4 Å². The van der Waals surface area contributed by atoms with Gasteiger partial charge in [0.2, 0.25) is 0 Å². The number of rotatable bonds is 4. The van der Waals surface area contributed by atoms with Gasteiger partial charge < -0.3 is 5.32 Å². The predicted octanol–water partition coefficient (Wildman–Crippen LogP) is 5.88. The number of anilines is 1. The Morgan fingerprint density at radius 3 is 2.23 bits per heavy atom. The van der Waals surface area contributed by atoms with E-state index < -0.39 is 0 Å². The first-order valence-corrected chi connectivity index (χ1v) is 11.0. The van der Waals surface area contributed by atoms with Crippen LogP contribution < -0.4 is 5.32 Å². The lowest BCUT2D eigenvalue weighted by Crippen LogP contribution is -2.21. The number of hydrogen-bond acceptors (Lipinski definition) is 4. The molecule has 5 heteroatoms. The van der Waals surface area contributed by atoms with E-state index in [9.17, 15) is 14.4 Å². The van der Waals surface area contributed by atoms with Crippen molar-refractivity contribution in [2.24, 2.45) is 0 Å². The molecule has 4 nitrogen and oxygen atoms in total. The number of fused-ring (bicyclic) bond motifs is 3. The lowest BCUT2D eigenvalue weighted by Gasteiger charge is -2.18. The van der Waals surface area contributed by atoms with Crippen molar-refractivity contribution in [2.75, 3.05) is 5.32 Å². The summed E-state index contributed by atoms with van der Waals surface area (Å²) in [6.45, 7) is 2.10. The molecule has 0 spiro atoms. The number of amides is 1. The molecular formula is C26H19NO3S. The van der Waals surface area contributed by atoms with Crippen molar-refractivity contribution in [3.05, 3.63) is 99.4 Å². The molecule has 1 amide bonds. The topological polar surface area (TPSA) is 63.2 Å². The monoisotopic (exact) mass is 425 g/mol. The van der Waals surface area contributed by atoms with E-state index in [1.807, 2.05) is 24.3 Å². The first kappa shape index (κ1) is 19.4. The molecule has 1 aliphatic carbocycles. The van der Waals surface area contributed by atoms with Gasteiger partial charge in [0.05, 0.1) is 4.88 Å². The Morgan fingerprint density at radius 2 is 1.48 bits per heavy atom. The van der Waals surface area contributed by atoms with Crippen LogP contribution in [0.3, 0.4) is 0 Å². The summed E-state index contributed by atoms with van der Waals surface area (Å²) < 4.78 is 1.08. The summed E-state index contributed by atoms with van der Waals surface area (Å²) in [5, 5.41) is 4.05. The van der Waals surface area contributed by atoms with Gasteiger partial charge in [0.25, 0.3) is 5.91 Å². The molecule has 31 heavy (non-hydrogen) atoms. The number of aryl methyl sites for hydroxylation is 1. The lowest BCUT2D eigenvalue weighted by molar-refractivity contribution is 0.0979. The minimum absolute atomic E-state index is 0.169. The van der Waals surface area contributed by atoms with E-state index in [-0.39, 0.29) is 17.5 Å². The van der Waals surface area contributed by atoms with Gasteiger partial charge in [0.1, 0.15) is 0 Å². The van der Waals surface area contributed by atoms with Crippen LogP contribution in [-0.2, 0) is 6.42 Å². The first-order chi connectivity index (χ1) is 15.1. The molecule has 1 aromatic heterocycles. The van der Waals surface area contributed by atoms with Crippen molar-refractivity contribution in [2.45, 2.75) is 19.8 Å². The maximum Gasteiger partial charge on any atom is 0.266 e. The molecular weight excluding hydrogens is 406 g/mol. The van der Waals surface area contributed by atoms with Crippen molar-refractivity contribution in [3.8, 4) is 0 Å².